The molecule has 0 radical (unpaired) electrons. The molecule has 0 aromatic carbocycles. The normalized spacial score (nSPS) is 11.3. The van der Waals surface area contributed by atoms with Crippen LogP contribution in [0.25, 0.3) is 11.1 Å². The molecule has 0 aliphatic rings. The first kappa shape index (κ1) is 18.4. The second kappa shape index (κ2) is 7.07. The second-order valence-corrected chi connectivity index (χ2v) is 5.51. The number of nitrogens with one attached hydrogen (secondary N) is 1. The lowest BCUT2D eigenvalue weighted by atomic mass is 9.94. The van der Waals surface area contributed by atoms with Crippen LogP contribution in [-0.2, 0) is 0 Å². The molecule has 2 aromatic rings. The summed E-state index contributed by atoms with van der Waals surface area (Å²) in [4.78, 5) is 16.7. The van der Waals surface area contributed by atoms with E-state index < -0.39 is 0 Å². The minimum absolute atomic E-state index is 0. The van der Waals surface area contributed by atoms with Crippen LogP contribution in [0, 0.1) is 13.8 Å². The standard InChI is InChI=1S/C15H22N4O2.ClH/c1-5-15(16,6-2)8-17-13(20)11-7-9(3)18-14-12(11)10(4)19-21-14;/h7H,5-6,8,16H2,1-4H3,(H,17,20);1H. The Labute approximate surface area is 136 Å². The number of pyridine rings is 1. The number of carbonyl (C=O) groups is 1. The van der Waals surface area contributed by atoms with E-state index in [1.165, 1.54) is 0 Å². The molecule has 0 atom stereocenters. The van der Waals surface area contributed by atoms with Crippen molar-refractivity contribution >= 4 is 29.4 Å². The third-order valence-corrected chi connectivity index (χ3v) is 4.00. The molecule has 0 saturated heterocycles. The van der Waals surface area contributed by atoms with Crippen LogP contribution in [0.1, 0.15) is 48.4 Å². The van der Waals surface area contributed by atoms with Gasteiger partial charge in [0.25, 0.3) is 11.6 Å². The Bertz CT molecular complexity index is 665. The number of hydrogen-bond donors (Lipinski definition) is 2. The summed E-state index contributed by atoms with van der Waals surface area (Å²) in [6.07, 6.45) is 1.61. The number of rotatable bonds is 5. The molecule has 2 aromatic heterocycles. The summed E-state index contributed by atoms with van der Waals surface area (Å²) in [5.74, 6) is -0.173. The summed E-state index contributed by atoms with van der Waals surface area (Å²) < 4.78 is 5.14. The first-order chi connectivity index (χ1) is 9.90. The highest BCUT2D eigenvalue weighted by Gasteiger charge is 2.23. The molecule has 0 unspecified atom stereocenters. The lowest BCUT2D eigenvalue weighted by Crippen LogP contribution is -2.49. The molecule has 0 aliphatic heterocycles. The minimum atomic E-state index is -0.374. The lowest BCUT2D eigenvalue weighted by molar-refractivity contribution is 0.0943. The van der Waals surface area contributed by atoms with Crippen molar-refractivity contribution in [3.63, 3.8) is 0 Å². The Hall–Kier alpha value is -1.66. The fourth-order valence-electron chi connectivity index (χ4n) is 2.25. The molecule has 0 bridgehead atoms. The van der Waals surface area contributed by atoms with Gasteiger partial charge in [-0.05, 0) is 32.8 Å². The van der Waals surface area contributed by atoms with Gasteiger partial charge >= 0.3 is 0 Å². The van der Waals surface area contributed by atoms with Crippen LogP contribution in [-0.4, -0.2) is 28.1 Å². The number of aromatic nitrogens is 2. The zero-order valence-corrected chi connectivity index (χ0v) is 14.2. The van der Waals surface area contributed by atoms with Crippen LogP contribution < -0.4 is 11.1 Å². The van der Waals surface area contributed by atoms with Crippen LogP contribution in [0.5, 0.6) is 0 Å². The van der Waals surface area contributed by atoms with Gasteiger partial charge in [0, 0.05) is 17.8 Å². The number of carbonyl (C=O) groups excluding carboxylic acids is 1. The van der Waals surface area contributed by atoms with Crippen molar-refractivity contribution in [1.82, 2.24) is 15.5 Å². The Kier molecular flexibility index (Phi) is 5.91. The van der Waals surface area contributed by atoms with Gasteiger partial charge in [-0.25, -0.2) is 4.98 Å². The second-order valence-electron chi connectivity index (χ2n) is 5.51. The van der Waals surface area contributed by atoms with E-state index in [2.05, 4.69) is 15.5 Å². The van der Waals surface area contributed by atoms with Gasteiger partial charge in [-0.1, -0.05) is 19.0 Å². The monoisotopic (exact) mass is 326 g/mol. The maximum absolute atomic E-state index is 12.5. The Balaban J connectivity index is 0.00000242. The van der Waals surface area contributed by atoms with Crippen molar-refractivity contribution < 1.29 is 9.32 Å². The highest BCUT2D eigenvalue weighted by molar-refractivity contribution is 6.06. The highest BCUT2D eigenvalue weighted by Crippen LogP contribution is 2.22. The van der Waals surface area contributed by atoms with Gasteiger partial charge in [0.05, 0.1) is 16.6 Å². The molecule has 7 heteroatoms. The molecule has 0 fully saturated rings. The van der Waals surface area contributed by atoms with Crippen LogP contribution in [0.3, 0.4) is 0 Å². The zero-order valence-electron chi connectivity index (χ0n) is 13.4. The van der Waals surface area contributed by atoms with E-state index in [1.807, 2.05) is 20.8 Å². The number of nitrogens with zero attached hydrogens (tertiary/aromatic N) is 2. The van der Waals surface area contributed by atoms with Gasteiger partial charge in [0.1, 0.15) is 0 Å². The molecular formula is C15H23ClN4O2. The summed E-state index contributed by atoms with van der Waals surface area (Å²) in [6, 6.07) is 1.75. The van der Waals surface area contributed by atoms with Crippen LogP contribution in [0.15, 0.2) is 10.6 Å². The first-order valence-corrected chi connectivity index (χ1v) is 7.21. The van der Waals surface area contributed by atoms with Gasteiger partial charge < -0.3 is 15.6 Å². The van der Waals surface area contributed by atoms with Gasteiger partial charge in [0.2, 0.25) is 0 Å². The van der Waals surface area contributed by atoms with E-state index in [1.54, 1.807) is 13.0 Å². The quantitative estimate of drug-likeness (QED) is 0.880. The van der Waals surface area contributed by atoms with Crippen molar-refractivity contribution in [3.8, 4) is 0 Å². The molecule has 22 heavy (non-hydrogen) atoms. The largest absolute Gasteiger partial charge is 0.350 e. The van der Waals surface area contributed by atoms with Crippen molar-refractivity contribution in [1.29, 1.82) is 0 Å². The Morgan fingerprint density at radius 3 is 2.59 bits per heavy atom. The number of amides is 1. The molecule has 1 amide bonds. The SMILES string of the molecule is CCC(N)(CC)CNC(=O)c1cc(C)nc2onc(C)c12.Cl. The lowest BCUT2D eigenvalue weighted by Gasteiger charge is -2.26. The smallest absolute Gasteiger partial charge is 0.258 e. The van der Waals surface area contributed by atoms with Crippen LogP contribution in [0.2, 0.25) is 0 Å². The average molecular weight is 327 g/mol. The highest BCUT2D eigenvalue weighted by atomic mass is 35.5. The van der Waals surface area contributed by atoms with E-state index in [9.17, 15) is 4.79 Å². The summed E-state index contributed by atoms with van der Waals surface area (Å²) in [5.41, 5.74) is 8.14. The zero-order chi connectivity index (χ0) is 15.6. The fourth-order valence-corrected chi connectivity index (χ4v) is 2.25. The molecule has 3 N–H and O–H groups in total. The van der Waals surface area contributed by atoms with Crippen LogP contribution >= 0.6 is 12.4 Å². The van der Waals surface area contributed by atoms with E-state index in [0.29, 0.717) is 34.6 Å². The number of hydrogen-bond acceptors (Lipinski definition) is 5. The van der Waals surface area contributed by atoms with Gasteiger partial charge in [-0.3, -0.25) is 4.79 Å². The first-order valence-electron chi connectivity index (χ1n) is 7.21. The number of fused-ring (bicyclic) bond motifs is 1. The third-order valence-electron chi connectivity index (χ3n) is 4.00. The maximum Gasteiger partial charge on any atom is 0.258 e. The van der Waals surface area contributed by atoms with E-state index in [-0.39, 0.29) is 23.9 Å². The Morgan fingerprint density at radius 1 is 1.36 bits per heavy atom. The van der Waals surface area contributed by atoms with Gasteiger partial charge in [0.15, 0.2) is 0 Å². The minimum Gasteiger partial charge on any atom is -0.350 e. The van der Waals surface area contributed by atoms with E-state index in [0.717, 1.165) is 12.8 Å². The van der Waals surface area contributed by atoms with Crippen molar-refractivity contribution in [2.75, 3.05) is 6.54 Å². The summed E-state index contributed by atoms with van der Waals surface area (Å²) in [6.45, 7) is 8.10. The molecule has 6 nitrogen and oxygen atoms in total. The predicted octanol–water partition coefficient (Wildman–Crippen LogP) is 2.51. The molecule has 0 spiro atoms. The van der Waals surface area contributed by atoms with E-state index >= 15 is 0 Å². The molecule has 2 rings (SSSR count). The topological polar surface area (TPSA) is 94.0 Å². The molecule has 2 heterocycles. The van der Waals surface area contributed by atoms with Gasteiger partial charge in [-0.2, -0.15) is 0 Å². The number of halogens is 1. The number of aryl methyl sites for hydroxylation is 2. The maximum atomic E-state index is 12.5. The van der Waals surface area contributed by atoms with E-state index in [4.69, 9.17) is 10.3 Å². The third kappa shape index (κ3) is 3.56. The van der Waals surface area contributed by atoms with Crippen LogP contribution in [0.4, 0.5) is 0 Å². The average Bonchev–Trinajstić information content (AvgIpc) is 2.84. The molecule has 122 valence electrons. The molecular weight excluding hydrogens is 304 g/mol. The summed E-state index contributed by atoms with van der Waals surface area (Å²) >= 11 is 0. The summed E-state index contributed by atoms with van der Waals surface area (Å²) in [7, 11) is 0. The fraction of sp³-hybridized carbons (Fsp3) is 0.533. The van der Waals surface area contributed by atoms with Crippen molar-refractivity contribution in [3.05, 3.63) is 23.0 Å². The van der Waals surface area contributed by atoms with Crippen molar-refractivity contribution in [2.45, 2.75) is 46.1 Å². The molecule has 0 saturated carbocycles. The Morgan fingerprint density at radius 2 is 2.00 bits per heavy atom. The molecule has 0 aliphatic carbocycles. The summed E-state index contributed by atoms with van der Waals surface area (Å²) in [5, 5.41) is 7.46. The van der Waals surface area contributed by atoms with Gasteiger partial charge in [-0.15, -0.1) is 12.4 Å². The predicted molar refractivity (Wildman–Crippen MR) is 88.4 cm³/mol. The number of nitrogens with two attached hydrogens (primary N) is 1. The van der Waals surface area contributed by atoms with Crippen molar-refractivity contribution in [2.24, 2.45) is 5.73 Å².